The Bertz CT molecular complexity index is 305. The molecular formula is C13H21NOS. The fraction of sp³-hybridized carbons (Fsp3) is 0.692. The minimum atomic E-state index is 0.517. The Labute approximate surface area is 102 Å². The third-order valence-electron chi connectivity index (χ3n) is 3.08. The summed E-state index contributed by atoms with van der Waals surface area (Å²) in [7, 11) is 1.98. The predicted molar refractivity (Wildman–Crippen MR) is 68.7 cm³/mol. The van der Waals surface area contributed by atoms with Crippen molar-refractivity contribution < 1.29 is 4.74 Å². The average Bonchev–Trinajstić information content (AvgIpc) is 2.76. The molecule has 1 aromatic rings. The molecule has 0 aromatic carbocycles. The molecule has 1 aromatic heterocycles. The van der Waals surface area contributed by atoms with E-state index in [-0.39, 0.29) is 0 Å². The Morgan fingerprint density at radius 3 is 2.75 bits per heavy atom. The van der Waals surface area contributed by atoms with Crippen LogP contribution in [0.25, 0.3) is 0 Å². The number of thiophene rings is 1. The Balaban J connectivity index is 1.75. The van der Waals surface area contributed by atoms with Gasteiger partial charge in [0.15, 0.2) is 0 Å². The van der Waals surface area contributed by atoms with Gasteiger partial charge in [0.05, 0.1) is 12.7 Å². The zero-order valence-corrected chi connectivity index (χ0v) is 10.8. The lowest BCUT2D eigenvalue weighted by atomic mass is 9.98. The lowest BCUT2D eigenvalue weighted by molar-refractivity contribution is 0.0182. The van der Waals surface area contributed by atoms with Crippen LogP contribution in [0, 0.1) is 0 Å². The van der Waals surface area contributed by atoms with Crippen molar-refractivity contribution in [1.29, 1.82) is 0 Å². The van der Waals surface area contributed by atoms with E-state index in [1.807, 2.05) is 18.4 Å². The maximum Gasteiger partial charge on any atom is 0.0813 e. The third kappa shape index (κ3) is 3.58. The molecule has 0 saturated heterocycles. The Hall–Kier alpha value is -0.380. The summed E-state index contributed by atoms with van der Waals surface area (Å²) in [5, 5.41) is 3.17. The molecule has 0 spiro atoms. The first-order valence-corrected chi connectivity index (χ1v) is 7.04. The van der Waals surface area contributed by atoms with Crippen molar-refractivity contribution in [3.63, 3.8) is 0 Å². The summed E-state index contributed by atoms with van der Waals surface area (Å²) in [5.74, 6) is 0. The highest BCUT2D eigenvalue weighted by molar-refractivity contribution is 7.11. The molecule has 0 radical (unpaired) electrons. The van der Waals surface area contributed by atoms with Gasteiger partial charge in [0, 0.05) is 16.3 Å². The molecule has 2 nitrogen and oxygen atoms in total. The van der Waals surface area contributed by atoms with Crippen LogP contribution in [0.1, 0.15) is 41.9 Å². The van der Waals surface area contributed by atoms with Gasteiger partial charge in [0.2, 0.25) is 0 Å². The van der Waals surface area contributed by atoms with E-state index in [2.05, 4.69) is 17.4 Å². The van der Waals surface area contributed by atoms with Crippen molar-refractivity contribution in [2.24, 2.45) is 0 Å². The first-order chi connectivity index (χ1) is 7.88. The topological polar surface area (TPSA) is 21.3 Å². The van der Waals surface area contributed by atoms with Crippen molar-refractivity contribution in [1.82, 2.24) is 5.32 Å². The van der Waals surface area contributed by atoms with Crippen LogP contribution in [0.3, 0.4) is 0 Å². The van der Waals surface area contributed by atoms with Gasteiger partial charge in [-0.15, -0.1) is 11.3 Å². The summed E-state index contributed by atoms with van der Waals surface area (Å²) in [5.41, 5.74) is 0. The predicted octanol–water partition coefficient (Wildman–Crippen LogP) is 3.32. The van der Waals surface area contributed by atoms with Gasteiger partial charge in [-0.2, -0.15) is 0 Å². The van der Waals surface area contributed by atoms with Crippen LogP contribution in [-0.2, 0) is 17.9 Å². The first-order valence-electron chi connectivity index (χ1n) is 6.22. The number of ether oxygens (including phenoxy) is 1. The van der Waals surface area contributed by atoms with Gasteiger partial charge < -0.3 is 10.1 Å². The summed E-state index contributed by atoms with van der Waals surface area (Å²) in [6, 6.07) is 4.39. The fourth-order valence-electron chi connectivity index (χ4n) is 2.20. The SMILES string of the molecule is CNCc1ccc(COC2CCCCC2)s1. The van der Waals surface area contributed by atoms with E-state index in [0.29, 0.717) is 6.10 Å². The normalized spacial score (nSPS) is 17.8. The zero-order chi connectivity index (χ0) is 11.2. The highest BCUT2D eigenvalue weighted by Crippen LogP contribution is 2.23. The molecule has 1 saturated carbocycles. The van der Waals surface area contributed by atoms with E-state index in [4.69, 9.17) is 4.74 Å². The largest absolute Gasteiger partial charge is 0.373 e. The van der Waals surface area contributed by atoms with Crippen molar-refractivity contribution in [3.05, 3.63) is 21.9 Å². The molecule has 0 atom stereocenters. The molecule has 0 aliphatic heterocycles. The fourth-order valence-corrected chi connectivity index (χ4v) is 3.15. The van der Waals surface area contributed by atoms with E-state index in [0.717, 1.165) is 13.2 Å². The number of hydrogen-bond acceptors (Lipinski definition) is 3. The van der Waals surface area contributed by atoms with Gasteiger partial charge in [-0.25, -0.2) is 0 Å². The van der Waals surface area contributed by atoms with Crippen LogP contribution < -0.4 is 5.32 Å². The van der Waals surface area contributed by atoms with Crippen LogP contribution in [0.5, 0.6) is 0 Å². The van der Waals surface area contributed by atoms with E-state index >= 15 is 0 Å². The summed E-state index contributed by atoms with van der Waals surface area (Å²) >= 11 is 1.86. The second kappa shape index (κ2) is 6.38. The van der Waals surface area contributed by atoms with Gasteiger partial charge in [-0.05, 0) is 32.0 Å². The van der Waals surface area contributed by atoms with Crippen LogP contribution in [0.2, 0.25) is 0 Å². The van der Waals surface area contributed by atoms with E-state index in [1.165, 1.54) is 41.9 Å². The minimum Gasteiger partial charge on any atom is -0.373 e. The molecule has 3 heteroatoms. The first kappa shape index (κ1) is 12.1. The van der Waals surface area contributed by atoms with E-state index in [9.17, 15) is 0 Å². The highest BCUT2D eigenvalue weighted by atomic mass is 32.1. The van der Waals surface area contributed by atoms with Crippen LogP contribution in [-0.4, -0.2) is 13.2 Å². The molecule has 0 bridgehead atoms. The van der Waals surface area contributed by atoms with E-state index < -0.39 is 0 Å². The van der Waals surface area contributed by atoms with Crippen molar-refractivity contribution >= 4 is 11.3 Å². The van der Waals surface area contributed by atoms with Crippen LogP contribution in [0.4, 0.5) is 0 Å². The molecule has 1 fully saturated rings. The third-order valence-corrected chi connectivity index (χ3v) is 4.14. The Kier molecular flexibility index (Phi) is 4.82. The van der Waals surface area contributed by atoms with Gasteiger partial charge in [-0.1, -0.05) is 19.3 Å². The van der Waals surface area contributed by atoms with Gasteiger partial charge in [-0.3, -0.25) is 0 Å². The lowest BCUT2D eigenvalue weighted by Gasteiger charge is -2.21. The van der Waals surface area contributed by atoms with Crippen molar-refractivity contribution in [3.8, 4) is 0 Å². The quantitative estimate of drug-likeness (QED) is 0.851. The molecule has 1 aliphatic rings. The number of hydrogen-bond donors (Lipinski definition) is 1. The summed E-state index contributed by atoms with van der Waals surface area (Å²) in [6.07, 6.45) is 7.12. The van der Waals surface area contributed by atoms with Crippen molar-refractivity contribution in [2.75, 3.05) is 7.05 Å². The molecule has 2 rings (SSSR count). The minimum absolute atomic E-state index is 0.517. The number of rotatable bonds is 5. The van der Waals surface area contributed by atoms with E-state index in [1.54, 1.807) is 0 Å². The summed E-state index contributed by atoms with van der Waals surface area (Å²) in [4.78, 5) is 2.75. The Morgan fingerprint density at radius 2 is 2.00 bits per heavy atom. The average molecular weight is 239 g/mol. The molecular weight excluding hydrogens is 218 g/mol. The molecule has 1 aliphatic carbocycles. The smallest absolute Gasteiger partial charge is 0.0813 e. The summed E-state index contributed by atoms with van der Waals surface area (Å²) < 4.78 is 5.95. The maximum atomic E-state index is 5.95. The molecule has 16 heavy (non-hydrogen) atoms. The second-order valence-corrected chi connectivity index (χ2v) is 5.72. The van der Waals surface area contributed by atoms with Gasteiger partial charge in [0.1, 0.15) is 0 Å². The Morgan fingerprint density at radius 1 is 1.25 bits per heavy atom. The second-order valence-electron chi connectivity index (χ2n) is 4.47. The molecule has 0 amide bonds. The molecule has 90 valence electrons. The van der Waals surface area contributed by atoms with Crippen molar-refractivity contribution in [2.45, 2.75) is 51.4 Å². The monoisotopic (exact) mass is 239 g/mol. The molecule has 1 N–H and O–H groups in total. The standard InChI is InChI=1S/C13H21NOS/c1-14-9-12-7-8-13(16-12)10-15-11-5-3-2-4-6-11/h7-8,11,14H,2-6,9-10H2,1H3. The van der Waals surface area contributed by atoms with Gasteiger partial charge in [0.25, 0.3) is 0 Å². The highest BCUT2D eigenvalue weighted by Gasteiger charge is 2.13. The van der Waals surface area contributed by atoms with Crippen LogP contribution in [0.15, 0.2) is 12.1 Å². The summed E-state index contributed by atoms with van der Waals surface area (Å²) in [6.45, 7) is 1.77. The van der Waals surface area contributed by atoms with Crippen LogP contribution >= 0.6 is 11.3 Å². The zero-order valence-electron chi connectivity index (χ0n) is 10.00. The van der Waals surface area contributed by atoms with Gasteiger partial charge >= 0.3 is 0 Å². The maximum absolute atomic E-state index is 5.95. The molecule has 1 heterocycles. The lowest BCUT2D eigenvalue weighted by Crippen LogP contribution is -2.15. The number of nitrogens with one attached hydrogen (secondary N) is 1. The molecule has 0 unspecified atom stereocenters.